The Balaban J connectivity index is 1.70. The lowest BCUT2D eigenvalue weighted by Crippen LogP contribution is -2.48. The topological polar surface area (TPSA) is 15.3 Å². The van der Waals surface area contributed by atoms with E-state index in [4.69, 9.17) is 0 Å². The molecule has 0 radical (unpaired) electrons. The highest BCUT2D eigenvalue weighted by atomic mass is 15.2. The molecule has 17 heavy (non-hydrogen) atoms. The van der Waals surface area contributed by atoms with Gasteiger partial charge in [0.15, 0.2) is 0 Å². The smallest absolute Gasteiger partial charge is 0.0369 e. The van der Waals surface area contributed by atoms with Gasteiger partial charge in [-0.1, -0.05) is 19.1 Å². The molecule has 1 aliphatic carbocycles. The van der Waals surface area contributed by atoms with Crippen LogP contribution in [0.25, 0.3) is 0 Å². The molecule has 1 heterocycles. The second kappa shape index (κ2) is 4.02. The Morgan fingerprint density at radius 3 is 2.76 bits per heavy atom. The van der Waals surface area contributed by atoms with Crippen LogP contribution in [-0.4, -0.2) is 19.6 Å². The number of anilines is 1. The Morgan fingerprint density at radius 1 is 1.35 bits per heavy atom. The largest absolute Gasteiger partial charge is 0.370 e. The summed E-state index contributed by atoms with van der Waals surface area (Å²) >= 11 is 0. The summed E-state index contributed by atoms with van der Waals surface area (Å²) in [5.74, 6) is 0. The normalized spacial score (nSPS) is 22.4. The van der Waals surface area contributed by atoms with E-state index in [-0.39, 0.29) is 0 Å². The minimum Gasteiger partial charge on any atom is -0.370 e. The molecule has 0 bridgehead atoms. The Bertz CT molecular complexity index is 401. The Hall–Kier alpha value is -1.02. The van der Waals surface area contributed by atoms with Crippen LogP contribution in [0.5, 0.6) is 0 Å². The highest BCUT2D eigenvalue weighted by molar-refractivity contribution is 5.53. The van der Waals surface area contributed by atoms with Gasteiger partial charge in [-0.2, -0.15) is 0 Å². The summed E-state index contributed by atoms with van der Waals surface area (Å²) in [6.45, 7) is 7.99. The molecule has 1 atom stereocenters. The van der Waals surface area contributed by atoms with Gasteiger partial charge in [-0.15, -0.1) is 0 Å². The summed E-state index contributed by atoms with van der Waals surface area (Å²) in [6, 6.07) is 9.47. The average Bonchev–Trinajstić information content (AvgIpc) is 3.08. The molecule has 2 aliphatic rings. The predicted octanol–water partition coefficient (Wildman–Crippen LogP) is 2.96. The molecule has 1 spiro atoms. The summed E-state index contributed by atoms with van der Waals surface area (Å²) in [5.41, 5.74) is 3.55. The minimum absolute atomic E-state index is 0.455. The molecule has 1 aliphatic heterocycles. The van der Waals surface area contributed by atoms with Gasteiger partial charge >= 0.3 is 0 Å². The number of rotatable bonds is 4. The summed E-state index contributed by atoms with van der Waals surface area (Å²) in [5, 5.41) is 3.47. The maximum absolute atomic E-state index is 3.47. The number of hydrogen-bond donors (Lipinski definition) is 1. The van der Waals surface area contributed by atoms with Gasteiger partial charge in [-0.25, -0.2) is 0 Å². The number of nitrogens with zero attached hydrogens (tertiary/aromatic N) is 1. The highest BCUT2D eigenvalue weighted by Gasteiger charge is 2.52. The molecule has 1 aromatic rings. The quantitative estimate of drug-likeness (QED) is 0.855. The average molecular weight is 230 g/mol. The van der Waals surface area contributed by atoms with Crippen molar-refractivity contribution in [1.82, 2.24) is 5.32 Å². The molecule has 1 unspecified atom stereocenters. The molecule has 1 N–H and O–H groups in total. The van der Waals surface area contributed by atoms with E-state index < -0.39 is 0 Å². The van der Waals surface area contributed by atoms with Crippen molar-refractivity contribution in [2.24, 2.45) is 5.41 Å². The SMILES string of the molecule is CCNC(C)c1cccc(N2CC3(CC3)C2)c1. The van der Waals surface area contributed by atoms with E-state index in [0.29, 0.717) is 6.04 Å². The first kappa shape index (κ1) is 11.1. The van der Waals surface area contributed by atoms with Crippen LogP contribution in [0.3, 0.4) is 0 Å². The van der Waals surface area contributed by atoms with Crippen molar-refractivity contribution in [3.05, 3.63) is 29.8 Å². The fraction of sp³-hybridized carbons (Fsp3) is 0.600. The van der Waals surface area contributed by atoms with Gasteiger partial charge in [-0.05, 0) is 44.0 Å². The second-order valence-electron chi connectivity index (χ2n) is 5.73. The van der Waals surface area contributed by atoms with Gasteiger partial charge in [0.1, 0.15) is 0 Å². The molecule has 0 aromatic heterocycles. The van der Waals surface area contributed by atoms with Crippen molar-refractivity contribution in [2.45, 2.75) is 32.7 Å². The van der Waals surface area contributed by atoms with Crippen LogP contribution in [0, 0.1) is 5.41 Å². The van der Waals surface area contributed by atoms with Crippen molar-refractivity contribution < 1.29 is 0 Å². The summed E-state index contributed by atoms with van der Waals surface area (Å²) in [6.07, 6.45) is 2.91. The van der Waals surface area contributed by atoms with E-state index in [9.17, 15) is 0 Å². The van der Waals surface area contributed by atoms with Gasteiger partial charge < -0.3 is 10.2 Å². The molecular weight excluding hydrogens is 208 g/mol. The zero-order chi connectivity index (χ0) is 11.9. The maximum Gasteiger partial charge on any atom is 0.0369 e. The summed E-state index contributed by atoms with van der Waals surface area (Å²) in [7, 11) is 0. The molecule has 92 valence electrons. The van der Waals surface area contributed by atoms with E-state index >= 15 is 0 Å². The zero-order valence-electron chi connectivity index (χ0n) is 10.9. The molecular formula is C15H22N2. The van der Waals surface area contributed by atoms with Crippen molar-refractivity contribution in [3.63, 3.8) is 0 Å². The first-order valence-corrected chi connectivity index (χ1v) is 6.81. The van der Waals surface area contributed by atoms with E-state index in [2.05, 4.69) is 48.3 Å². The van der Waals surface area contributed by atoms with E-state index in [1.54, 1.807) is 0 Å². The Labute approximate surface area is 104 Å². The van der Waals surface area contributed by atoms with Crippen LogP contribution < -0.4 is 10.2 Å². The highest BCUT2D eigenvalue weighted by Crippen LogP contribution is 2.53. The van der Waals surface area contributed by atoms with E-state index in [1.165, 1.54) is 37.2 Å². The molecule has 2 fully saturated rings. The van der Waals surface area contributed by atoms with Gasteiger partial charge in [0.2, 0.25) is 0 Å². The Morgan fingerprint density at radius 2 is 2.12 bits per heavy atom. The first-order valence-electron chi connectivity index (χ1n) is 6.81. The monoisotopic (exact) mass is 230 g/mol. The summed E-state index contributed by atoms with van der Waals surface area (Å²) in [4.78, 5) is 2.52. The molecule has 1 aromatic carbocycles. The molecule has 0 amide bonds. The third kappa shape index (κ3) is 2.06. The Kier molecular flexibility index (Phi) is 2.62. The van der Waals surface area contributed by atoms with Crippen LogP contribution in [-0.2, 0) is 0 Å². The van der Waals surface area contributed by atoms with Gasteiger partial charge in [-0.3, -0.25) is 0 Å². The standard InChI is InChI=1S/C15H22N2/c1-3-16-12(2)13-5-4-6-14(9-13)17-10-15(11-17)7-8-15/h4-6,9,12,16H,3,7-8,10-11H2,1-2H3. The maximum atomic E-state index is 3.47. The molecule has 2 nitrogen and oxygen atoms in total. The summed E-state index contributed by atoms with van der Waals surface area (Å²) < 4.78 is 0. The fourth-order valence-corrected chi connectivity index (χ4v) is 2.85. The molecule has 2 heteroatoms. The van der Waals surface area contributed by atoms with E-state index in [0.717, 1.165) is 12.0 Å². The molecule has 3 rings (SSSR count). The molecule has 1 saturated carbocycles. The van der Waals surface area contributed by atoms with Gasteiger partial charge in [0, 0.05) is 30.2 Å². The van der Waals surface area contributed by atoms with Gasteiger partial charge in [0.25, 0.3) is 0 Å². The van der Waals surface area contributed by atoms with E-state index in [1.807, 2.05) is 0 Å². The fourth-order valence-electron chi connectivity index (χ4n) is 2.85. The lowest BCUT2D eigenvalue weighted by molar-refractivity contribution is 0.387. The third-order valence-electron chi connectivity index (χ3n) is 4.26. The number of hydrogen-bond acceptors (Lipinski definition) is 2. The second-order valence-corrected chi connectivity index (χ2v) is 5.73. The predicted molar refractivity (Wildman–Crippen MR) is 72.4 cm³/mol. The van der Waals surface area contributed by atoms with Crippen LogP contribution in [0.4, 0.5) is 5.69 Å². The van der Waals surface area contributed by atoms with Gasteiger partial charge in [0.05, 0.1) is 0 Å². The molecule has 1 saturated heterocycles. The van der Waals surface area contributed by atoms with Crippen LogP contribution in [0.1, 0.15) is 38.3 Å². The van der Waals surface area contributed by atoms with Crippen molar-refractivity contribution in [1.29, 1.82) is 0 Å². The lowest BCUT2D eigenvalue weighted by Gasteiger charge is -2.42. The van der Waals surface area contributed by atoms with Crippen LogP contribution in [0.15, 0.2) is 24.3 Å². The van der Waals surface area contributed by atoms with Crippen LogP contribution in [0.2, 0.25) is 0 Å². The first-order chi connectivity index (χ1) is 8.22. The zero-order valence-corrected chi connectivity index (χ0v) is 10.9. The minimum atomic E-state index is 0.455. The number of benzene rings is 1. The lowest BCUT2D eigenvalue weighted by atomic mass is 9.95. The van der Waals surface area contributed by atoms with Crippen molar-refractivity contribution in [3.8, 4) is 0 Å². The van der Waals surface area contributed by atoms with Crippen molar-refractivity contribution >= 4 is 5.69 Å². The van der Waals surface area contributed by atoms with Crippen LogP contribution >= 0.6 is 0 Å². The third-order valence-corrected chi connectivity index (χ3v) is 4.26. The number of nitrogens with one attached hydrogen (secondary N) is 1. The van der Waals surface area contributed by atoms with Crippen molar-refractivity contribution in [2.75, 3.05) is 24.5 Å².